The molecule has 0 radical (unpaired) electrons. The monoisotopic (exact) mass is 397 g/mol. The second kappa shape index (κ2) is 8.77. The largest absolute Gasteiger partial charge is 0.454 e. The van der Waals surface area contributed by atoms with Gasteiger partial charge < -0.3 is 15.4 Å². The molecule has 2 N–H and O–H groups in total. The quantitative estimate of drug-likeness (QED) is 0.515. The van der Waals surface area contributed by atoms with E-state index < -0.39 is 54.1 Å². The molecule has 0 aliphatic carbocycles. The molecule has 0 aromatic heterocycles. The number of carbonyl (C=O) groups is 4. The van der Waals surface area contributed by atoms with Gasteiger partial charge in [0.15, 0.2) is 6.61 Å². The predicted octanol–water partition coefficient (Wildman–Crippen LogP) is 1.95. The van der Waals surface area contributed by atoms with Gasteiger partial charge in [-0.15, -0.1) is 0 Å². The molecule has 1 aromatic carbocycles. The van der Waals surface area contributed by atoms with Gasteiger partial charge in [-0.3, -0.25) is 19.3 Å². The summed E-state index contributed by atoms with van der Waals surface area (Å²) in [5.74, 6) is -4.16. The molecule has 0 saturated carbocycles. The first-order valence-corrected chi connectivity index (χ1v) is 8.71. The Labute approximate surface area is 160 Å². The van der Waals surface area contributed by atoms with Crippen molar-refractivity contribution in [3.63, 3.8) is 0 Å². The van der Waals surface area contributed by atoms with Crippen LogP contribution >= 0.6 is 0 Å². The number of nitrogens with zero attached hydrogens (tertiary/aromatic N) is 1. The Morgan fingerprint density at radius 3 is 2.64 bits per heavy atom. The maximum atomic E-state index is 13.5. The van der Waals surface area contributed by atoms with E-state index in [0.717, 1.165) is 29.9 Å². The Balaban J connectivity index is 1.85. The molecule has 1 fully saturated rings. The number of anilines is 1. The van der Waals surface area contributed by atoms with Crippen molar-refractivity contribution >= 4 is 29.5 Å². The van der Waals surface area contributed by atoms with Crippen LogP contribution in [-0.2, 0) is 19.1 Å². The fourth-order valence-electron chi connectivity index (χ4n) is 2.69. The number of rotatable bonds is 8. The number of nitrogens with one attached hydrogen (secondary N) is 2. The van der Waals surface area contributed by atoms with Gasteiger partial charge in [-0.05, 0) is 25.5 Å². The molecule has 1 heterocycles. The summed E-state index contributed by atoms with van der Waals surface area (Å²) in [4.78, 5) is 48.7. The Hall–Kier alpha value is -3.04. The van der Waals surface area contributed by atoms with Crippen LogP contribution in [0.1, 0.15) is 33.1 Å². The number of ether oxygens (including phenoxy) is 1. The van der Waals surface area contributed by atoms with E-state index in [1.165, 1.54) is 0 Å². The van der Waals surface area contributed by atoms with Crippen molar-refractivity contribution in [2.75, 3.05) is 18.5 Å². The zero-order valence-electron chi connectivity index (χ0n) is 15.5. The van der Waals surface area contributed by atoms with Gasteiger partial charge in [-0.2, -0.15) is 0 Å². The average Bonchev–Trinajstić information content (AvgIpc) is 2.84. The number of benzene rings is 1. The van der Waals surface area contributed by atoms with Crippen LogP contribution in [0.2, 0.25) is 0 Å². The fourth-order valence-corrected chi connectivity index (χ4v) is 2.69. The van der Waals surface area contributed by atoms with E-state index in [4.69, 9.17) is 4.74 Å². The van der Waals surface area contributed by atoms with Crippen molar-refractivity contribution in [1.29, 1.82) is 0 Å². The second-order valence-electron chi connectivity index (χ2n) is 6.59. The number of urea groups is 1. The molecule has 8 nitrogen and oxygen atoms in total. The molecule has 28 heavy (non-hydrogen) atoms. The van der Waals surface area contributed by atoms with Gasteiger partial charge in [0.1, 0.15) is 23.7 Å². The van der Waals surface area contributed by atoms with Crippen molar-refractivity contribution < 1.29 is 32.7 Å². The number of imide groups is 1. The molecule has 0 bridgehead atoms. The van der Waals surface area contributed by atoms with Crippen LogP contribution in [0, 0.1) is 11.6 Å². The maximum absolute atomic E-state index is 13.5. The summed E-state index contributed by atoms with van der Waals surface area (Å²) in [6.07, 6.45) is 2.00. The lowest BCUT2D eigenvalue weighted by Gasteiger charge is -2.21. The lowest BCUT2D eigenvalue weighted by Crippen LogP contribution is -2.44. The van der Waals surface area contributed by atoms with Crippen molar-refractivity contribution in [3.8, 4) is 0 Å². The van der Waals surface area contributed by atoms with Crippen LogP contribution in [0.15, 0.2) is 18.2 Å². The minimum atomic E-state index is -1.08. The summed E-state index contributed by atoms with van der Waals surface area (Å²) in [6, 6.07) is 1.86. The van der Waals surface area contributed by atoms with Gasteiger partial charge in [0, 0.05) is 6.07 Å². The molecule has 1 atom stereocenters. The third kappa shape index (κ3) is 5.02. The van der Waals surface area contributed by atoms with Crippen molar-refractivity contribution in [2.24, 2.45) is 0 Å². The average molecular weight is 397 g/mol. The Morgan fingerprint density at radius 2 is 2.00 bits per heavy atom. The second-order valence-corrected chi connectivity index (χ2v) is 6.59. The minimum Gasteiger partial charge on any atom is -0.454 e. The summed E-state index contributed by atoms with van der Waals surface area (Å²) < 4.78 is 31.0. The highest BCUT2D eigenvalue weighted by Gasteiger charge is 2.47. The molecule has 2 rings (SSSR count). The van der Waals surface area contributed by atoms with Crippen LogP contribution in [0.25, 0.3) is 0 Å². The van der Waals surface area contributed by atoms with Gasteiger partial charge in [0.2, 0.25) is 0 Å². The first-order valence-electron chi connectivity index (χ1n) is 8.71. The van der Waals surface area contributed by atoms with E-state index in [0.29, 0.717) is 12.5 Å². The predicted molar refractivity (Wildman–Crippen MR) is 94.1 cm³/mol. The van der Waals surface area contributed by atoms with Gasteiger partial charge in [-0.25, -0.2) is 13.6 Å². The summed E-state index contributed by atoms with van der Waals surface area (Å²) in [5.41, 5.74) is -1.35. The van der Waals surface area contributed by atoms with E-state index in [2.05, 4.69) is 10.6 Å². The highest BCUT2D eigenvalue weighted by molar-refractivity contribution is 6.08. The molecular weight excluding hydrogens is 376 g/mol. The van der Waals surface area contributed by atoms with Gasteiger partial charge in [-0.1, -0.05) is 19.8 Å². The van der Waals surface area contributed by atoms with Crippen molar-refractivity contribution in [3.05, 3.63) is 29.8 Å². The van der Waals surface area contributed by atoms with E-state index in [1.807, 2.05) is 6.92 Å². The molecule has 4 amide bonds. The highest BCUT2D eigenvalue weighted by atomic mass is 19.1. The molecule has 1 saturated heterocycles. The summed E-state index contributed by atoms with van der Waals surface area (Å²) in [7, 11) is 0. The molecular formula is C18H21F2N3O5. The first-order chi connectivity index (χ1) is 13.2. The molecule has 10 heteroatoms. The van der Waals surface area contributed by atoms with Gasteiger partial charge in [0.05, 0.1) is 5.69 Å². The van der Waals surface area contributed by atoms with Crippen LogP contribution in [0.5, 0.6) is 0 Å². The summed E-state index contributed by atoms with van der Waals surface area (Å²) in [6.45, 7) is 2.12. The number of hydrogen-bond acceptors (Lipinski definition) is 5. The number of esters is 1. The minimum absolute atomic E-state index is 0.275. The fraction of sp³-hybridized carbons (Fsp3) is 0.444. The van der Waals surface area contributed by atoms with E-state index >= 15 is 0 Å². The SMILES string of the molecule is CCCC[C@]1(C)NC(=O)N(CC(=O)OCC(=O)Nc2ccc(F)cc2F)C1=O. The topological polar surface area (TPSA) is 105 Å². The van der Waals surface area contributed by atoms with E-state index in [-0.39, 0.29) is 5.69 Å². The standard InChI is InChI=1S/C18H21F2N3O5/c1-3-4-7-18(2)16(26)23(17(27)22-18)9-15(25)28-10-14(24)21-13-6-5-11(19)8-12(13)20/h5-6,8H,3-4,7,9-10H2,1-2H3,(H,21,24)(H,22,27)/t18-/m0/s1. The van der Waals surface area contributed by atoms with Crippen molar-refractivity contribution in [1.82, 2.24) is 10.2 Å². The Bertz CT molecular complexity index is 801. The molecule has 1 aliphatic rings. The molecule has 1 aromatic rings. The summed E-state index contributed by atoms with van der Waals surface area (Å²) >= 11 is 0. The highest BCUT2D eigenvalue weighted by Crippen LogP contribution is 2.23. The van der Waals surface area contributed by atoms with E-state index in [9.17, 15) is 28.0 Å². The van der Waals surface area contributed by atoms with E-state index in [1.54, 1.807) is 6.92 Å². The number of unbranched alkanes of at least 4 members (excludes halogenated alkanes) is 1. The lowest BCUT2D eigenvalue weighted by atomic mass is 9.95. The molecule has 152 valence electrons. The van der Waals surface area contributed by atoms with Crippen LogP contribution < -0.4 is 10.6 Å². The Morgan fingerprint density at radius 1 is 1.29 bits per heavy atom. The molecule has 1 aliphatic heterocycles. The number of halogens is 2. The number of amides is 4. The lowest BCUT2D eigenvalue weighted by molar-refractivity contribution is -0.150. The Kier molecular flexibility index (Phi) is 6.66. The number of hydrogen-bond donors (Lipinski definition) is 2. The number of carbonyl (C=O) groups excluding carboxylic acids is 4. The third-order valence-corrected chi connectivity index (χ3v) is 4.23. The smallest absolute Gasteiger partial charge is 0.326 e. The molecule has 0 spiro atoms. The summed E-state index contributed by atoms with van der Waals surface area (Å²) in [5, 5.41) is 4.68. The van der Waals surface area contributed by atoms with Crippen LogP contribution in [0.3, 0.4) is 0 Å². The normalized spacial score (nSPS) is 18.8. The van der Waals surface area contributed by atoms with Crippen LogP contribution in [0.4, 0.5) is 19.3 Å². The molecule has 0 unspecified atom stereocenters. The van der Waals surface area contributed by atoms with Crippen molar-refractivity contribution in [2.45, 2.75) is 38.6 Å². The van der Waals surface area contributed by atoms with Gasteiger partial charge >= 0.3 is 12.0 Å². The zero-order chi connectivity index (χ0) is 20.9. The van der Waals surface area contributed by atoms with Gasteiger partial charge in [0.25, 0.3) is 11.8 Å². The van der Waals surface area contributed by atoms with Crippen LogP contribution in [-0.4, -0.2) is 47.4 Å². The zero-order valence-corrected chi connectivity index (χ0v) is 15.5. The third-order valence-electron chi connectivity index (χ3n) is 4.23. The maximum Gasteiger partial charge on any atom is 0.326 e. The first kappa shape index (κ1) is 21.3.